The minimum absolute atomic E-state index is 1.23. The Morgan fingerprint density at radius 1 is 0.714 bits per heavy atom. The van der Waals surface area contributed by atoms with Gasteiger partial charge in [0.2, 0.25) is 0 Å². The van der Waals surface area contributed by atoms with Crippen LogP contribution in [-0.4, -0.2) is 30.7 Å². The summed E-state index contributed by atoms with van der Waals surface area (Å²) in [6.07, 6.45) is 9.57. The molecule has 0 aliphatic rings. The SMILES string of the molecule is CCCCCCC[N+](CC)(CC)CCCc1ccccc1. The fourth-order valence-electron chi connectivity index (χ4n) is 3.28. The molecule has 0 aromatic heterocycles. The Morgan fingerprint density at radius 2 is 1.33 bits per heavy atom. The molecule has 120 valence electrons. The van der Waals surface area contributed by atoms with Crippen LogP contribution in [0.2, 0.25) is 0 Å². The van der Waals surface area contributed by atoms with Crippen LogP contribution in [0.4, 0.5) is 0 Å². The van der Waals surface area contributed by atoms with Gasteiger partial charge in [-0.25, -0.2) is 0 Å². The predicted molar refractivity (Wildman–Crippen MR) is 94.6 cm³/mol. The van der Waals surface area contributed by atoms with Crippen molar-refractivity contribution in [3.63, 3.8) is 0 Å². The molecule has 1 aromatic carbocycles. The van der Waals surface area contributed by atoms with Crippen molar-refractivity contribution < 1.29 is 4.48 Å². The highest BCUT2D eigenvalue weighted by molar-refractivity contribution is 5.14. The van der Waals surface area contributed by atoms with Gasteiger partial charge in [-0.2, -0.15) is 0 Å². The van der Waals surface area contributed by atoms with E-state index < -0.39 is 0 Å². The van der Waals surface area contributed by atoms with Crippen LogP contribution in [0.5, 0.6) is 0 Å². The van der Waals surface area contributed by atoms with E-state index >= 15 is 0 Å². The van der Waals surface area contributed by atoms with E-state index in [1.165, 1.54) is 81.2 Å². The first-order valence-corrected chi connectivity index (χ1v) is 9.15. The number of aryl methyl sites for hydroxylation is 1. The van der Waals surface area contributed by atoms with Gasteiger partial charge < -0.3 is 4.48 Å². The summed E-state index contributed by atoms with van der Waals surface area (Å²) in [5, 5.41) is 0. The lowest BCUT2D eigenvalue weighted by atomic mass is 10.1. The van der Waals surface area contributed by atoms with E-state index in [1.54, 1.807) is 0 Å². The zero-order valence-corrected chi connectivity index (χ0v) is 14.6. The second kappa shape index (κ2) is 10.8. The smallest absolute Gasteiger partial charge is 0.0789 e. The first-order chi connectivity index (χ1) is 10.3. The molecule has 0 amide bonds. The van der Waals surface area contributed by atoms with Crippen LogP contribution in [0.15, 0.2) is 30.3 Å². The summed E-state index contributed by atoms with van der Waals surface area (Å²) in [5.41, 5.74) is 1.49. The monoisotopic (exact) mass is 290 g/mol. The second-order valence-corrected chi connectivity index (χ2v) is 6.42. The van der Waals surface area contributed by atoms with E-state index in [0.717, 1.165) is 0 Å². The number of rotatable bonds is 12. The second-order valence-electron chi connectivity index (χ2n) is 6.42. The third-order valence-corrected chi connectivity index (χ3v) is 5.02. The lowest BCUT2D eigenvalue weighted by Gasteiger charge is -2.37. The number of nitrogens with zero attached hydrogens (tertiary/aromatic N) is 1. The number of unbranched alkanes of at least 4 members (excludes halogenated alkanes) is 4. The van der Waals surface area contributed by atoms with Crippen LogP contribution in [0.1, 0.15) is 64.9 Å². The molecule has 1 heteroatoms. The first-order valence-electron chi connectivity index (χ1n) is 9.15. The fourth-order valence-corrected chi connectivity index (χ4v) is 3.28. The maximum atomic E-state index is 2.37. The zero-order valence-electron chi connectivity index (χ0n) is 14.6. The van der Waals surface area contributed by atoms with E-state index in [4.69, 9.17) is 0 Å². The van der Waals surface area contributed by atoms with Crippen molar-refractivity contribution >= 4 is 0 Å². The zero-order chi connectivity index (χ0) is 15.4. The molecule has 21 heavy (non-hydrogen) atoms. The molecular weight excluding hydrogens is 254 g/mol. The normalized spacial score (nSPS) is 11.8. The van der Waals surface area contributed by atoms with Crippen molar-refractivity contribution in [2.24, 2.45) is 0 Å². The summed E-state index contributed by atoms with van der Waals surface area (Å²) in [7, 11) is 0. The summed E-state index contributed by atoms with van der Waals surface area (Å²) in [6, 6.07) is 10.9. The molecule has 0 aliphatic carbocycles. The lowest BCUT2D eigenvalue weighted by molar-refractivity contribution is -0.925. The number of hydrogen-bond acceptors (Lipinski definition) is 0. The molecule has 1 rings (SSSR count). The summed E-state index contributed by atoms with van der Waals surface area (Å²) in [5.74, 6) is 0. The van der Waals surface area contributed by atoms with Gasteiger partial charge in [0.1, 0.15) is 0 Å². The van der Waals surface area contributed by atoms with Gasteiger partial charge in [-0.15, -0.1) is 0 Å². The van der Waals surface area contributed by atoms with Crippen LogP contribution < -0.4 is 0 Å². The highest BCUT2D eigenvalue weighted by Gasteiger charge is 2.21. The van der Waals surface area contributed by atoms with E-state index in [9.17, 15) is 0 Å². The summed E-state index contributed by atoms with van der Waals surface area (Å²) in [6.45, 7) is 12.3. The summed E-state index contributed by atoms with van der Waals surface area (Å²) in [4.78, 5) is 0. The van der Waals surface area contributed by atoms with Crippen LogP contribution in [0.25, 0.3) is 0 Å². The van der Waals surface area contributed by atoms with Crippen LogP contribution in [-0.2, 0) is 6.42 Å². The molecule has 0 spiro atoms. The molecule has 1 nitrogen and oxygen atoms in total. The van der Waals surface area contributed by atoms with Crippen molar-refractivity contribution in [2.45, 2.75) is 65.7 Å². The molecule has 1 aromatic rings. The predicted octanol–water partition coefficient (Wildman–Crippen LogP) is 5.45. The number of hydrogen-bond donors (Lipinski definition) is 0. The van der Waals surface area contributed by atoms with E-state index in [2.05, 4.69) is 51.1 Å². The van der Waals surface area contributed by atoms with Crippen molar-refractivity contribution in [2.75, 3.05) is 26.2 Å². The summed E-state index contributed by atoms with van der Waals surface area (Å²) < 4.78 is 1.32. The van der Waals surface area contributed by atoms with Crippen LogP contribution in [0.3, 0.4) is 0 Å². The largest absolute Gasteiger partial charge is 0.324 e. The molecule has 0 saturated carbocycles. The molecule has 0 atom stereocenters. The molecule has 0 aliphatic heterocycles. The molecule has 0 bridgehead atoms. The van der Waals surface area contributed by atoms with Gasteiger partial charge in [-0.3, -0.25) is 0 Å². The minimum atomic E-state index is 1.23. The van der Waals surface area contributed by atoms with Crippen molar-refractivity contribution in [1.82, 2.24) is 0 Å². The minimum Gasteiger partial charge on any atom is -0.324 e. The Kier molecular flexibility index (Phi) is 9.41. The Labute approximate surface area is 133 Å². The Hall–Kier alpha value is -0.820. The summed E-state index contributed by atoms with van der Waals surface area (Å²) >= 11 is 0. The topological polar surface area (TPSA) is 0 Å². The average Bonchev–Trinajstić information content (AvgIpc) is 2.54. The van der Waals surface area contributed by atoms with Gasteiger partial charge in [0, 0.05) is 6.42 Å². The highest BCUT2D eigenvalue weighted by Crippen LogP contribution is 2.14. The molecular formula is C20H36N+. The Morgan fingerprint density at radius 3 is 1.95 bits per heavy atom. The quantitative estimate of drug-likeness (QED) is 0.355. The standard InChI is InChI=1S/C20H36N/c1-4-7-8-9-13-18-21(5-2,6-3)19-14-17-20-15-11-10-12-16-20/h10-12,15-16H,4-9,13-14,17-19H2,1-3H3/q+1. The molecule has 0 N–H and O–H groups in total. The average molecular weight is 291 g/mol. The van der Waals surface area contributed by atoms with E-state index in [1.807, 2.05) is 0 Å². The van der Waals surface area contributed by atoms with Gasteiger partial charge in [0.15, 0.2) is 0 Å². The van der Waals surface area contributed by atoms with Gasteiger partial charge in [-0.1, -0.05) is 56.5 Å². The van der Waals surface area contributed by atoms with Gasteiger partial charge in [0.25, 0.3) is 0 Å². The lowest BCUT2D eigenvalue weighted by Crippen LogP contribution is -2.49. The molecule has 0 heterocycles. The van der Waals surface area contributed by atoms with E-state index in [0.29, 0.717) is 0 Å². The first kappa shape index (κ1) is 18.2. The molecule has 0 unspecified atom stereocenters. The maximum absolute atomic E-state index is 2.37. The van der Waals surface area contributed by atoms with Crippen molar-refractivity contribution in [1.29, 1.82) is 0 Å². The Bertz CT molecular complexity index is 340. The van der Waals surface area contributed by atoms with Gasteiger partial charge in [0.05, 0.1) is 26.2 Å². The molecule has 0 fully saturated rings. The third-order valence-electron chi connectivity index (χ3n) is 5.02. The van der Waals surface area contributed by atoms with E-state index in [-0.39, 0.29) is 0 Å². The van der Waals surface area contributed by atoms with Crippen LogP contribution in [0, 0.1) is 0 Å². The van der Waals surface area contributed by atoms with Gasteiger partial charge >= 0.3 is 0 Å². The van der Waals surface area contributed by atoms with Crippen molar-refractivity contribution in [3.8, 4) is 0 Å². The molecule has 0 saturated heterocycles. The number of benzene rings is 1. The third kappa shape index (κ3) is 7.13. The Balaban J connectivity index is 2.33. The molecule has 0 radical (unpaired) electrons. The maximum Gasteiger partial charge on any atom is 0.0789 e. The highest BCUT2D eigenvalue weighted by atomic mass is 15.3. The fraction of sp³-hybridized carbons (Fsp3) is 0.700. The number of quaternary nitrogens is 1. The van der Waals surface area contributed by atoms with Gasteiger partial charge in [-0.05, 0) is 38.7 Å². The van der Waals surface area contributed by atoms with Crippen LogP contribution >= 0.6 is 0 Å². The van der Waals surface area contributed by atoms with Crippen molar-refractivity contribution in [3.05, 3.63) is 35.9 Å².